The second-order valence-corrected chi connectivity index (χ2v) is 7.57. The summed E-state index contributed by atoms with van der Waals surface area (Å²) in [6, 6.07) is 18.9. The quantitative estimate of drug-likeness (QED) is 0.661. The van der Waals surface area contributed by atoms with Gasteiger partial charge in [0.2, 0.25) is 0 Å². The molecule has 1 saturated heterocycles. The molecule has 5 nitrogen and oxygen atoms in total. The molecular weight excluding hydrogens is 362 g/mol. The van der Waals surface area contributed by atoms with Crippen molar-refractivity contribution in [3.63, 3.8) is 0 Å². The van der Waals surface area contributed by atoms with Crippen LogP contribution >= 0.6 is 0 Å². The van der Waals surface area contributed by atoms with Crippen molar-refractivity contribution < 1.29 is 9.59 Å². The maximum Gasteiger partial charge on any atom is 0.254 e. The van der Waals surface area contributed by atoms with E-state index in [0.29, 0.717) is 16.8 Å². The first-order chi connectivity index (χ1) is 14.0. The number of nitrogens with one attached hydrogen (secondary N) is 1. The van der Waals surface area contributed by atoms with Crippen molar-refractivity contribution in [3.05, 3.63) is 77.4 Å². The Kier molecular flexibility index (Phi) is 5.21. The zero-order chi connectivity index (χ0) is 20.4. The highest BCUT2D eigenvalue weighted by molar-refractivity contribution is 6.08. The number of carbonyl (C=O) groups excluding carboxylic acids is 2. The topological polar surface area (TPSA) is 75.4 Å². The standard InChI is InChI=1S/C24H25N3O2/c1-16(19-10-6-8-17-7-2-3-9-20(17)19)26-23(28)21-12-11-18(25)15-22(21)24(29)27-13-4-5-14-27/h2-3,6-12,15-16H,4-5,13-14,25H2,1H3,(H,26,28)/t16-/m1/s1. The van der Waals surface area contributed by atoms with E-state index in [4.69, 9.17) is 5.73 Å². The van der Waals surface area contributed by atoms with Crippen molar-refractivity contribution in [2.75, 3.05) is 18.8 Å². The molecule has 4 rings (SSSR count). The molecular formula is C24H25N3O2. The summed E-state index contributed by atoms with van der Waals surface area (Å²) in [6.45, 7) is 3.40. The Balaban J connectivity index is 1.62. The maximum absolute atomic E-state index is 13.1. The molecule has 1 heterocycles. The lowest BCUT2D eigenvalue weighted by Gasteiger charge is -2.20. The number of hydrogen-bond acceptors (Lipinski definition) is 3. The summed E-state index contributed by atoms with van der Waals surface area (Å²) in [4.78, 5) is 27.8. The molecule has 2 amide bonds. The largest absolute Gasteiger partial charge is 0.399 e. The van der Waals surface area contributed by atoms with Gasteiger partial charge in [-0.25, -0.2) is 0 Å². The molecule has 1 aliphatic heterocycles. The number of amides is 2. The Bertz CT molecular complexity index is 1070. The third kappa shape index (κ3) is 3.81. The van der Waals surface area contributed by atoms with Gasteiger partial charge in [0.05, 0.1) is 17.2 Å². The first kappa shape index (κ1) is 19.0. The molecule has 1 fully saturated rings. The summed E-state index contributed by atoms with van der Waals surface area (Å²) in [5.41, 5.74) is 8.17. The van der Waals surface area contributed by atoms with Crippen LogP contribution < -0.4 is 11.1 Å². The minimum absolute atomic E-state index is 0.127. The lowest BCUT2D eigenvalue weighted by atomic mass is 9.98. The fraction of sp³-hybridized carbons (Fsp3) is 0.250. The summed E-state index contributed by atoms with van der Waals surface area (Å²) in [6.07, 6.45) is 1.99. The highest BCUT2D eigenvalue weighted by Gasteiger charge is 2.25. The van der Waals surface area contributed by atoms with Gasteiger partial charge in [-0.15, -0.1) is 0 Å². The lowest BCUT2D eigenvalue weighted by Crippen LogP contribution is -2.32. The molecule has 0 saturated carbocycles. The highest BCUT2D eigenvalue weighted by atomic mass is 16.2. The van der Waals surface area contributed by atoms with E-state index in [1.54, 1.807) is 23.1 Å². The zero-order valence-corrected chi connectivity index (χ0v) is 16.5. The average molecular weight is 387 g/mol. The van der Waals surface area contributed by atoms with Crippen molar-refractivity contribution in [2.45, 2.75) is 25.8 Å². The first-order valence-corrected chi connectivity index (χ1v) is 10.0. The maximum atomic E-state index is 13.1. The molecule has 5 heteroatoms. The summed E-state index contributed by atoms with van der Waals surface area (Å²) < 4.78 is 0. The Labute approximate surface area is 170 Å². The van der Waals surface area contributed by atoms with E-state index in [-0.39, 0.29) is 17.9 Å². The molecule has 0 aliphatic carbocycles. The Morgan fingerprint density at radius 1 is 0.966 bits per heavy atom. The van der Waals surface area contributed by atoms with E-state index in [1.165, 1.54) is 0 Å². The fourth-order valence-electron chi connectivity index (χ4n) is 4.01. The number of anilines is 1. The zero-order valence-electron chi connectivity index (χ0n) is 16.5. The monoisotopic (exact) mass is 387 g/mol. The van der Waals surface area contributed by atoms with E-state index in [9.17, 15) is 9.59 Å². The third-order valence-electron chi connectivity index (χ3n) is 5.55. The van der Waals surface area contributed by atoms with Crippen LogP contribution in [0.5, 0.6) is 0 Å². The normalized spacial score (nSPS) is 14.7. The van der Waals surface area contributed by atoms with Crippen LogP contribution in [-0.2, 0) is 0 Å². The van der Waals surface area contributed by atoms with Crippen LogP contribution in [0.4, 0.5) is 5.69 Å². The molecule has 0 aromatic heterocycles. The van der Waals surface area contributed by atoms with Crippen LogP contribution in [-0.4, -0.2) is 29.8 Å². The average Bonchev–Trinajstić information content (AvgIpc) is 3.27. The molecule has 0 bridgehead atoms. The molecule has 1 atom stereocenters. The number of fused-ring (bicyclic) bond motifs is 1. The van der Waals surface area contributed by atoms with Gasteiger partial charge < -0.3 is 16.0 Å². The fourth-order valence-corrected chi connectivity index (χ4v) is 4.01. The van der Waals surface area contributed by atoms with E-state index >= 15 is 0 Å². The van der Waals surface area contributed by atoms with Gasteiger partial charge in [-0.2, -0.15) is 0 Å². The van der Waals surface area contributed by atoms with Crippen molar-refractivity contribution >= 4 is 28.3 Å². The van der Waals surface area contributed by atoms with Crippen molar-refractivity contribution in [1.29, 1.82) is 0 Å². The number of likely N-dealkylation sites (tertiary alicyclic amines) is 1. The summed E-state index contributed by atoms with van der Waals surface area (Å²) in [5.74, 6) is -0.397. The van der Waals surface area contributed by atoms with Crippen LogP contribution in [0.3, 0.4) is 0 Å². The number of hydrogen-bond donors (Lipinski definition) is 2. The number of nitrogen functional groups attached to an aromatic ring is 1. The highest BCUT2D eigenvalue weighted by Crippen LogP contribution is 2.25. The molecule has 3 aromatic rings. The van der Waals surface area contributed by atoms with Crippen LogP contribution in [0.1, 0.15) is 52.1 Å². The van der Waals surface area contributed by atoms with Gasteiger partial charge >= 0.3 is 0 Å². The summed E-state index contributed by atoms with van der Waals surface area (Å²) in [7, 11) is 0. The molecule has 148 valence electrons. The number of nitrogens with two attached hydrogens (primary N) is 1. The second kappa shape index (κ2) is 7.95. The van der Waals surface area contributed by atoms with Gasteiger partial charge in [-0.3, -0.25) is 9.59 Å². The van der Waals surface area contributed by atoms with Crippen molar-refractivity contribution in [2.24, 2.45) is 0 Å². The van der Waals surface area contributed by atoms with Crippen LogP contribution in [0.25, 0.3) is 10.8 Å². The lowest BCUT2D eigenvalue weighted by molar-refractivity contribution is 0.0784. The molecule has 29 heavy (non-hydrogen) atoms. The second-order valence-electron chi connectivity index (χ2n) is 7.57. The molecule has 3 aromatic carbocycles. The van der Waals surface area contributed by atoms with Gasteiger partial charge in [-0.1, -0.05) is 42.5 Å². The predicted octanol–water partition coefficient (Wildman–Crippen LogP) is 4.15. The minimum Gasteiger partial charge on any atom is -0.399 e. The molecule has 0 spiro atoms. The van der Waals surface area contributed by atoms with Crippen LogP contribution in [0.2, 0.25) is 0 Å². The van der Waals surface area contributed by atoms with Crippen molar-refractivity contribution in [3.8, 4) is 0 Å². The Hall–Kier alpha value is -3.34. The SMILES string of the molecule is C[C@@H](NC(=O)c1ccc(N)cc1C(=O)N1CCCC1)c1cccc2ccccc12. The van der Waals surface area contributed by atoms with E-state index in [2.05, 4.69) is 23.5 Å². The summed E-state index contributed by atoms with van der Waals surface area (Å²) in [5, 5.41) is 5.29. The Morgan fingerprint density at radius 2 is 1.69 bits per heavy atom. The minimum atomic E-state index is -0.270. The molecule has 0 radical (unpaired) electrons. The van der Waals surface area contributed by atoms with Gasteiger partial charge in [0.1, 0.15) is 0 Å². The first-order valence-electron chi connectivity index (χ1n) is 10.0. The van der Waals surface area contributed by atoms with E-state index in [0.717, 1.165) is 42.3 Å². The van der Waals surface area contributed by atoms with E-state index < -0.39 is 0 Å². The molecule has 3 N–H and O–H groups in total. The summed E-state index contributed by atoms with van der Waals surface area (Å²) >= 11 is 0. The third-order valence-corrected chi connectivity index (χ3v) is 5.55. The van der Waals surface area contributed by atoms with Crippen LogP contribution in [0.15, 0.2) is 60.7 Å². The number of nitrogens with zero attached hydrogens (tertiary/aromatic N) is 1. The van der Waals surface area contributed by atoms with E-state index in [1.807, 2.05) is 31.2 Å². The van der Waals surface area contributed by atoms with Crippen molar-refractivity contribution in [1.82, 2.24) is 10.2 Å². The van der Waals surface area contributed by atoms with Gasteiger partial charge in [-0.05, 0) is 54.3 Å². The number of carbonyl (C=O) groups is 2. The molecule has 1 aliphatic rings. The smallest absolute Gasteiger partial charge is 0.254 e. The molecule has 0 unspecified atom stereocenters. The Morgan fingerprint density at radius 3 is 2.48 bits per heavy atom. The van der Waals surface area contributed by atoms with Gasteiger partial charge in [0, 0.05) is 18.8 Å². The number of benzene rings is 3. The van der Waals surface area contributed by atoms with Gasteiger partial charge in [0.15, 0.2) is 0 Å². The predicted molar refractivity (Wildman–Crippen MR) is 116 cm³/mol. The number of rotatable bonds is 4. The van der Waals surface area contributed by atoms with Gasteiger partial charge in [0.25, 0.3) is 11.8 Å². The van der Waals surface area contributed by atoms with Crippen LogP contribution in [0, 0.1) is 0 Å².